The minimum atomic E-state index is -0.107. The maximum Gasteiger partial charge on any atom is 0.269 e. The SMILES string of the molecule is COc1sc2nccn2c(=O)c1-c1ccccc1. The summed E-state index contributed by atoms with van der Waals surface area (Å²) < 4.78 is 6.86. The molecule has 2 heterocycles. The second-order valence-corrected chi connectivity index (χ2v) is 4.66. The Kier molecular flexibility index (Phi) is 2.60. The number of fused-ring (bicyclic) bond motifs is 1. The first-order valence-electron chi connectivity index (χ1n) is 5.41. The molecule has 0 saturated carbocycles. The van der Waals surface area contributed by atoms with Crippen LogP contribution in [0.1, 0.15) is 0 Å². The lowest BCUT2D eigenvalue weighted by Gasteiger charge is -2.07. The molecule has 1 aromatic carbocycles. The van der Waals surface area contributed by atoms with Crippen LogP contribution in [0.2, 0.25) is 0 Å². The number of hydrogen-bond acceptors (Lipinski definition) is 4. The van der Waals surface area contributed by atoms with E-state index in [1.54, 1.807) is 19.5 Å². The molecule has 3 aromatic rings. The highest BCUT2D eigenvalue weighted by molar-refractivity contribution is 7.18. The van der Waals surface area contributed by atoms with E-state index in [1.807, 2.05) is 30.3 Å². The number of methoxy groups -OCH3 is 1. The van der Waals surface area contributed by atoms with Gasteiger partial charge < -0.3 is 4.74 Å². The molecule has 2 aromatic heterocycles. The molecule has 0 aliphatic rings. The molecule has 0 radical (unpaired) electrons. The van der Waals surface area contributed by atoms with Crippen LogP contribution in [0.3, 0.4) is 0 Å². The maximum atomic E-state index is 12.4. The third kappa shape index (κ3) is 1.60. The molecule has 0 bridgehead atoms. The maximum absolute atomic E-state index is 12.4. The normalized spacial score (nSPS) is 10.7. The Balaban J connectivity index is 2.40. The van der Waals surface area contributed by atoms with Gasteiger partial charge >= 0.3 is 0 Å². The first-order chi connectivity index (χ1) is 8.81. The van der Waals surface area contributed by atoms with Crippen LogP contribution >= 0.6 is 11.3 Å². The van der Waals surface area contributed by atoms with Gasteiger partial charge in [0.15, 0.2) is 10.0 Å². The fourth-order valence-corrected chi connectivity index (χ4v) is 2.76. The van der Waals surface area contributed by atoms with Crippen molar-refractivity contribution >= 4 is 16.3 Å². The molecule has 0 unspecified atom stereocenters. The average Bonchev–Trinajstić information content (AvgIpc) is 2.88. The van der Waals surface area contributed by atoms with E-state index in [0.717, 1.165) is 5.56 Å². The van der Waals surface area contributed by atoms with Gasteiger partial charge in [0.25, 0.3) is 5.56 Å². The molecule has 0 aliphatic heterocycles. The van der Waals surface area contributed by atoms with Crippen LogP contribution in [0.5, 0.6) is 5.06 Å². The van der Waals surface area contributed by atoms with Gasteiger partial charge in [-0.15, -0.1) is 0 Å². The molecule has 0 spiro atoms. The molecule has 0 fully saturated rings. The number of rotatable bonds is 2. The van der Waals surface area contributed by atoms with Crippen molar-refractivity contribution in [3.63, 3.8) is 0 Å². The molecule has 3 rings (SSSR count). The van der Waals surface area contributed by atoms with Crippen LogP contribution < -0.4 is 10.3 Å². The van der Waals surface area contributed by atoms with Gasteiger partial charge in [0.05, 0.1) is 7.11 Å². The summed E-state index contributed by atoms with van der Waals surface area (Å²) in [6.07, 6.45) is 3.28. The van der Waals surface area contributed by atoms with Crippen molar-refractivity contribution in [1.82, 2.24) is 9.38 Å². The first kappa shape index (κ1) is 11.0. The Bertz CT molecular complexity index is 747. The van der Waals surface area contributed by atoms with E-state index < -0.39 is 0 Å². The number of imidazole rings is 1. The van der Waals surface area contributed by atoms with Gasteiger partial charge in [-0.25, -0.2) is 4.98 Å². The molecular weight excluding hydrogens is 248 g/mol. The third-order valence-corrected chi connectivity index (χ3v) is 3.72. The van der Waals surface area contributed by atoms with E-state index in [-0.39, 0.29) is 5.56 Å². The largest absolute Gasteiger partial charge is 0.486 e. The third-order valence-electron chi connectivity index (χ3n) is 2.68. The summed E-state index contributed by atoms with van der Waals surface area (Å²) in [5, 5.41) is 0.588. The van der Waals surface area contributed by atoms with E-state index >= 15 is 0 Å². The summed E-state index contributed by atoms with van der Waals surface area (Å²) in [6, 6.07) is 9.51. The molecule has 0 saturated heterocycles. The predicted octanol–water partition coefficient (Wildman–Crippen LogP) is 2.43. The summed E-state index contributed by atoms with van der Waals surface area (Å²) in [5.41, 5.74) is 1.32. The summed E-state index contributed by atoms with van der Waals surface area (Å²) >= 11 is 1.36. The predicted molar refractivity (Wildman–Crippen MR) is 71.3 cm³/mol. The van der Waals surface area contributed by atoms with Crippen molar-refractivity contribution in [3.8, 4) is 16.2 Å². The van der Waals surface area contributed by atoms with Gasteiger partial charge in [0, 0.05) is 12.4 Å². The van der Waals surface area contributed by atoms with E-state index in [1.165, 1.54) is 15.7 Å². The molecule has 18 heavy (non-hydrogen) atoms. The first-order valence-corrected chi connectivity index (χ1v) is 6.22. The van der Waals surface area contributed by atoms with Crippen molar-refractivity contribution in [3.05, 3.63) is 53.1 Å². The highest BCUT2D eigenvalue weighted by atomic mass is 32.1. The van der Waals surface area contributed by atoms with Crippen molar-refractivity contribution in [2.45, 2.75) is 0 Å². The second-order valence-electron chi connectivity index (χ2n) is 3.72. The zero-order valence-electron chi connectivity index (χ0n) is 9.66. The molecule has 0 aliphatic carbocycles. The highest BCUT2D eigenvalue weighted by Crippen LogP contribution is 2.31. The number of aromatic nitrogens is 2. The Morgan fingerprint density at radius 1 is 1.28 bits per heavy atom. The van der Waals surface area contributed by atoms with Crippen molar-refractivity contribution in [1.29, 1.82) is 0 Å². The quantitative estimate of drug-likeness (QED) is 0.709. The molecule has 0 amide bonds. The summed E-state index contributed by atoms with van der Waals surface area (Å²) in [7, 11) is 1.57. The zero-order chi connectivity index (χ0) is 12.5. The van der Waals surface area contributed by atoms with Gasteiger partial charge in [-0.1, -0.05) is 41.7 Å². The molecule has 90 valence electrons. The van der Waals surface area contributed by atoms with Crippen LogP contribution in [-0.2, 0) is 0 Å². The summed E-state index contributed by atoms with van der Waals surface area (Å²) in [6.45, 7) is 0. The van der Waals surface area contributed by atoms with Crippen LogP contribution in [0.15, 0.2) is 47.5 Å². The summed E-state index contributed by atoms with van der Waals surface area (Å²) in [4.78, 5) is 17.2. The molecule has 5 heteroatoms. The standard InChI is InChI=1S/C13H10N2O2S/c1-17-12-10(9-5-3-2-4-6-9)11(16)15-8-7-14-13(15)18-12/h2-8H,1H3. The Morgan fingerprint density at radius 3 is 2.78 bits per heavy atom. The fourth-order valence-electron chi connectivity index (χ4n) is 1.85. The van der Waals surface area contributed by atoms with Gasteiger partial charge in [0.2, 0.25) is 0 Å². The van der Waals surface area contributed by atoms with E-state index in [2.05, 4.69) is 4.98 Å². The zero-order valence-corrected chi connectivity index (χ0v) is 10.5. The van der Waals surface area contributed by atoms with Gasteiger partial charge in [-0.3, -0.25) is 9.20 Å². The number of hydrogen-bond donors (Lipinski definition) is 0. The van der Waals surface area contributed by atoms with Crippen LogP contribution in [0.4, 0.5) is 0 Å². The van der Waals surface area contributed by atoms with Crippen molar-refractivity contribution in [2.75, 3.05) is 7.11 Å². The second kappa shape index (κ2) is 4.27. The fraction of sp³-hybridized carbons (Fsp3) is 0.0769. The minimum absolute atomic E-state index is 0.107. The molecule has 0 N–H and O–H groups in total. The van der Waals surface area contributed by atoms with Crippen LogP contribution in [0.25, 0.3) is 16.1 Å². The Labute approximate surface area is 107 Å². The number of benzene rings is 1. The van der Waals surface area contributed by atoms with E-state index in [9.17, 15) is 4.79 Å². The Hall–Kier alpha value is -2.14. The number of nitrogens with zero attached hydrogens (tertiary/aromatic N) is 2. The monoisotopic (exact) mass is 258 g/mol. The lowest BCUT2D eigenvalue weighted by molar-refractivity contribution is 0.427. The highest BCUT2D eigenvalue weighted by Gasteiger charge is 2.15. The van der Waals surface area contributed by atoms with E-state index in [0.29, 0.717) is 15.6 Å². The summed E-state index contributed by atoms with van der Waals surface area (Å²) in [5.74, 6) is 0. The lowest BCUT2D eigenvalue weighted by atomic mass is 10.1. The van der Waals surface area contributed by atoms with Crippen molar-refractivity contribution in [2.24, 2.45) is 0 Å². The number of ether oxygens (including phenoxy) is 1. The smallest absolute Gasteiger partial charge is 0.269 e. The van der Waals surface area contributed by atoms with Crippen LogP contribution in [-0.4, -0.2) is 16.5 Å². The average molecular weight is 258 g/mol. The van der Waals surface area contributed by atoms with Crippen LogP contribution in [0, 0.1) is 0 Å². The molecule has 4 nitrogen and oxygen atoms in total. The molecular formula is C13H10N2O2S. The van der Waals surface area contributed by atoms with Crippen molar-refractivity contribution < 1.29 is 4.74 Å². The van der Waals surface area contributed by atoms with Gasteiger partial charge in [0.1, 0.15) is 5.56 Å². The lowest BCUT2D eigenvalue weighted by Crippen LogP contribution is -2.14. The molecule has 0 atom stereocenters. The van der Waals surface area contributed by atoms with E-state index in [4.69, 9.17) is 4.74 Å². The van der Waals surface area contributed by atoms with Gasteiger partial charge in [-0.2, -0.15) is 0 Å². The topological polar surface area (TPSA) is 43.6 Å². The minimum Gasteiger partial charge on any atom is -0.486 e. The van der Waals surface area contributed by atoms with Gasteiger partial charge in [-0.05, 0) is 5.56 Å². The Morgan fingerprint density at radius 2 is 2.06 bits per heavy atom.